The number of thioether (sulfide) groups is 1. The first-order valence-electron chi connectivity index (χ1n) is 11.4. The Balaban J connectivity index is 0.000000429. The number of carboxylic acid groups (broad SMARTS) is 1. The van der Waals surface area contributed by atoms with Gasteiger partial charge in [0.15, 0.2) is 16.3 Å². The minimum absolute atomic E-state index is 0.0323. The van der Waals surface area contributed by atoms with Crippen LogP contribution in [0.4, 0.5) is 19.1 Å². The van der Waals surface area contributed by atoms with Crippen molar-refractivity contribution in [3.05, 3.63) is 10.4 Å². The van der Waals surface area contributed by atoms with Gasteiger partial charge < -0.3 is 15.3 Å². The zero-order valence-electron chi connectivity index (χ0n) is 19.7. The summed E-state index contributed by atoms with van der Waals surface area (Å²) < 4.78 is 35.4. The van der Waals surface area contributed by atoms with Crippen LogP contribution in [0.1, 0.15) is 39.0 Å². The predicted molar refractivity (Wildman–Crippen MR) is 128 cm³/mol. The van der Waals surface area contributed by atoms with Crippen molar-refractivity contribution in [3.63, 3.8) is 0 Å². The molecule has 0 bridgehead atoms. The first kappa shape index (κ1) is 26.9. The number of nitrogens with zero attached hydrogens (tertiary/aromatic N) is 5. The SMILES string of the molecule is CC#CCn1c(N2CCNCC2)nc2nc(SC3CCCCC3)n(C)c(=O)c21.O=C(O)C(F)(F)F. The summed E-state index contributed by atoms with van der Waals surface area (Å²) in [5.41, 5.74) is 1.08. The van der Waals surface area contributed by atoms with Crippen molar-refractivity contribution in [2.24, 2.45) is 7.05 Å². The van der Waals surface area contributed by atoms with Crippen LogP contribution in [-0.2, 0) is 18.4 Å². The first-order valence-corrected chi connectivity index (χ1v) is 12.3. The summed E-state index contributed by atoms with van der Waals surface area (Å²) in [6.45, 7) is 5.84. The lowest BCUT2D eigenvalue weighted by Gasteiger charge is -2.28. The molecular formula is C22H29F3N6O3S. The molecule has 4 rings (SSSR count). The number of piperazine rings is 1. The maximum Gasteiger partial charge on any atom is 0.490 e. The average Bonchev–Trinajstić information content (AvgIpc) is 3.20. The fraction of sp³-hybridized carbons (Fsp3) is 0.636. The number of imidazole rings is 1. The molecule has 2 N–H and O–H groups in total. The Hall–Kier alpha value is -2.72. The van der Waals surface area contributed by atoms with E-state index in [4.69, 9.17) is 19.9 Å². The van der Waals surface area contributed by atoms with E-state index in [0.29, 0.717) is 23.0 Å². The number of carbonyl (C=O) groups is 1. The summed E-state index contributed by atoms with van der Waals surface area (Å²) in [6, 6.07) is 0. The van der Waals surface area contributed by atoms with Crippen LogP contribution in [0.2, 0.25) is 0 Å². The number of fused-ring (bicyclic) bond motifs is 1. The fourth-order valence-electron chi connectivity index (χ4n) is 3.98. The second-order valence-electron chi connectivity index (χ2n) is 8.27. The second-order valence-corrected chi connectivity index (χ2v) is 9.54. The number of nitrogens with one attached hydrogen (secondary N) is 1. The van der Waals surface area contributed by atoms with Gasteiger partial charge in [0.25, 0.3) is 5.56 Å². The minimum Gasteiger partial charge on any atom is -0.475 e. The van der Waals surface area contributed by atoms with Gasteiger partial charge in [-0.25, -0.2) is 9.78 Å². The number of carboxylic acids is 1. The maximum atomic E-state index is 13.2. The Kier molecular flexibility index (Phi) is 9.07. The molecule has 2 aliphatic rings. The lowest BCUT2D eigenvalue weighted by atomic mass is 10.0. The van der Waals surface area contributed by atoms with Gasteiger partial charge in [-0.15, -0.1) is 5.92 Å². The van der Waals surface area contributed by atoms with Crippen molar-refractivity contribution in [2.75, 3.05) is 31.1 Å². The van der Waals surface area contributed by atoms with E-state index in [-0.39, 0.29) is 5.56 Å². The summed E-state index contributed by atoms with van der Waals surface area (Å²) >= 11 is 1.74. The van der Waals surface area contributed by atoms with E-state index < -0.39 is 12.1 Å². The highest BCUT2D eigenvalue weighted by atomic mass is 32.2. The van der Waals surface area contributed by atoms with Gasteiger partial charge in [0.05, 0.1) is 6.54 Å². The zero-order valence-corrected chi connectivity index (χ0v) is 20.5. The monoisotopic (exact) mass is 514 g/mol. The van der Waals surface area contributed by atoms with Crippen molar-refractivity contribution in [3.8, 4) is 11.8 Å². The average molecular weight is 515 g/mol. The van der Waals surface area contributed by atoms with Gasteiger partial charge in [-0.2, -0.15) is 18.2 Å². The summed E-state index contributed by atoms with van der Waals surface area (Å²) in [5.74, 6) is 4.09. The summed E-state index contributed by atoms with van der Waals surface area (Å²) in [5, 5.41) is 11.8. The number of rotatable bonds is 4. The number of anilines is 1. The van der Waals surface area contributed by atoms with Crippen molar-refractivity contribution >= 4 is 34.8 Å². The van der Waals surface area contributed by atoms with Crippen molar-refractivity contribution in [1.29, 1.82) is 0 Å². The van der Waals surface area contributed by atoms with E-state index in [2.05, 4.69) is 22.1 Å². The molecule has 0 radical (unpaired) electrons. The van der Waals surface area contributed by atoms with Crippen molar-refractivity contribution in [1.82, 2.24) is 24.4 Å². The molecule has 9 nitrogen and oxygen atoms in total. The van der Waals surface area contributed by atoms with E-state index in [1.54, 1.807) is 16.3 Å². The molecule has 1 aliphatic carbocycles. The van der Waals surface area contributed by atoms with E-state index in [1.165, 1.54) is 32.1 Å². The van der Waals surface area contributed by atoms with Crippen LogP contribution in [-0.4, -0.2) is 67.8 Å². The Morgan fingerprint density at radius 3 is 2.40 bits per heavy atom. The van der Waals surface area contributed by atoms with Gasteiger partial charge in [0.1, 0.15) is 0 Å². The van der Waals surface area contributed by atoms with Crippen molar-refractivity contribution in [2.45, 2.75) is 62.2 Å². The first-order chi connectivity index (χ1) is 16.6. The van der Waals surface area contributed by atoms with E-state index in [0.717, 1.165) is 37.3 Å². The predicted octanol–water partition coefficient (Wildman–Crippen LogP) is 2.62. The molecule has 1 saturated heterocycles. The molecule has 3 heterocycles. The lowest BCUT2D eigenvalue weighted by molar-refractivity contribution is -0.192. The van der Waals surface area contributed by atoms with E-state index in [9.17, 15) is 18.0 Å². The van der Waals surface area contributed by atoms with Crippen molar-refractivity contribution < 1.29 is 23.1 Å². The Morgan fingerprint density at radius 2 is 1.83 bits per heavy atom. The topological polar surface area (TPSA) is 105 Å². The Bertz CT molecular complexity index is 1160. The smallest absolute Gasteiger partial charge is 0.475 e. The Labute approximate surface area is 205 Å². The molecule has 2 aromatic rings. The van der Waals surface area contributed by atoms with Gasteiger partial charge in [0.2, 0.25) is 5.95 Å². The van der Waals surface area contributed by atoms with Crippen LogP contribution >= 0.6 is 11.8 Å². The van der Waals surface area contributed by atoms with Crippen LogP contribution in [0.3, 0.4) is 0 Å². The van der Waals surface area contributed by atoms with Crippen LogP contribution in [0.15, 0.2) is 9.95 Å². The molecule has 0 unspecified atom stereocenters. The number of aliphatic carboxylic acids is 1. The van der Waals surface area contributed by atoms with Crippen LogP contribution in [0.5, 0.6) is 0 Å². The second kappa shape index (κ2) is 11.8. The number of halogens is 3. The number of hydrogen-bond acceptors (Lipinski definition) is 7. The maximum absolute atomic E-state index is 13.2. The van der Waals surface area contributed by atoms with Gasteiger partial charge in [-0.3, -0.25) is 13.9 Å². The molecule has 2 aromatic heterocycles. The van der Waals surface area contributed by atoms with Gasteiger partial charge >= 0.3 is 12.1 Å². The fourth-order valence-corrected chi connectivity index (χ4v) is 5.23. The third kappa shape index (κ3) is 6.70. The third-order valence-electron chi connectivity index (χ3n) is 5.81. The molecule has 0 aromatic carbocycles. The molecular weight excluding hydrogens is 485 g/mol. The van der Waals surface area contributed by atoms with Crippen LogP contribution < -0.4 is 15.8 Å². The quantitative estimate of drug-likeness (QED) is 0.474. The molecule has 13 heteroatoms. The summed E-state index contributed by atoms with van der Waals surface area (Å²) in [4.78, 5) is 34.0. The highest BCUT2D eigenvalue weighted by molar-refractivity contribution is 7.99. The molecule has 35 heavy (non-hydrogen) atoms. The zero-order chi connectivity index (χ0) is 25.6. The van der Waals surface area contributed by atoms with Gasteiger partial charge in [0, 0.05) is 38.5 Å². The van der Waals surface area contributed by atoms with E-state index in [1.807, 2.05) is 18.5 Å². The molecule has 2 fully saturated rings. The normalized spacial score (nSPS) is 16.9. The number of alkyl halides is 3. The highest BCUT2D eigenvalue weighted by Gasteiger charge is 2.38. The molecule has 0 spiro atoms. The molecule has 0 atom stereocenters. The molecule has 1 saturated carbocycles. The molecule has 1 aliphatic heterocycles. The summed E-state index contributed by atoms with van der Waals surface area (Å²) in [6.07, 6.45) is 1.17. The highest BCUT2D eigenvalue weighted by Crippen LogP contribution is 2.33. The van der Waals surface area contributed by atoms with Crippen LogP contribution in [0.25, 0.3) is 11.2 Å². The van der Waals surface area contributed by atoms with E-state index >= 15 is 0 Å². The lowest BCUT2D eigenvalue weighted by Crippen LogP contribution is -2.44. The van der Waals surface area contributed by atoms with Gasteiger partial charge in [-0.1, -0.05) is 36.9 Å². The molecule has 192 valence electrons. The number of aromatic nitrogens is 4. The third-order valence-corrected chi connectivity index (χ3v) is 7.19. The van der Waals surface area contributed by atoms with Crippen LogP contribution in [0, 0.1) is 11.8 Å². The standard InChI is InChI=1S/C20H28N6OS.C2HF3O2/c1-3-4-12-26-16-17(22-19(26)25-13-10-21-11-14-25)23-20(24(2)18(16)27)28-15-8-6-5-7-9-15;3-2(4,5)1(6)7/h15,21H,5-14H2,1-2H3;(H,6,7). The Morgan fingerprint density at radius 1 is 1.20 bits per heavy atom. The largest absolute Gasteiger partial charge is 0.490 e. The number of hydrogen-bond donors (Lipinski definition) is 2. The van der Waals surface area contributed by atoms with Gasteiger partial charge in [-0.05, 0) is 19.8 Å². The molecule has 0 amide bonds. The summed E-state index contributed by atoms with van der Waals surface area (Å²) in [7, 11) is 1.83. The minimum atomic E-state index is -5.08.